The highest BCUT2D eigenvalue weighted by atomic mass is 16.3. The normalized spacial score (nSPS) is 16.1. The van der Waals surface area contributed by atoms with Crippen LogP contribution in [-0.4, -0.2) is 24.3 Å². The van der Waals surface area contributed by atoms with E-state index in [2.05, 4.69) is 35.8 Å². The summed E-state index contributed by atoms with van der Waals surface area (Å²) < 4.78 is 0. The van der Waals surface area contributed by atoms with Crippen molar-refractivity contribution in [2.75, 3.05) is 18.5 Å². The molecule has 2 rings (SSSR count). The van der Waals surface area contributed by atoms with Gasteiger partial charge in [0.2, 0.25) is 0 Å². The molecule has 0 aliphatic carbocycles. The molecule has 3 N–H and O–H groups in total. The molecule has 3 heteroatoms. The third kappa shape index (κ3) is 2.99. The van der Waals surface area contributed by atoms with Gasteiger partial charge in [-0.1, -0.05) is 25.1 Å². The lowest BCUT2D eigenvalue weighted by Gasteiger charge is -2.22. The van der Waals surface area contributed by atoms with Crippen molar-refractivity contribution in [3.05, 3.63) is 29.3 Å². The van der Waals surface area contributed by atoms with Crippen LogP contribution in [0.2, 0.25) is 0 Å². The molecule has 0 unspecified atom stereocenters. The van der Waals surface area contributed by atoms with Crippen molar-refractivity contribution in [3.63, 3.8) is 0 Å². The van der Waals surface area contributed by atoms with Gasteiger partial charge in [-0.2, -0.15) is 0 Å². The molecule has 1 atom stereocenters. The molecule has 0 aromatic heterocycles. The number of aryl methyl sites for hydroxylation is 1. The van der Waals surface area contributed by atoms with Gasteiger partial charge in [0.25, 0.3) is 0 Å². The first-order valence-corrected chi connectivity index (χ1v) is 6.54. The highest BCUT2D eigenvalue weighted by Gasteiger charge is 2.12. The molecule has 0 radical (unpaired) electrons. The fraction of sp³-hybridized carbons (Fsp3) is 0.571. The molecule has 1 aliphatic heterocycles. The molecule has 0 saturated carbocycles. The van der Waals surface area contributed by atoms with Crippen molar-refractivity contribution >= 4 is 5.69 Å². The summed E-state index contributed by atoms with van der Waals surface area (Å²) in [5.41, 5.74) is 4.04. The quantitative estimate of drug-likeness (QED) is 0.729. The van der Waals surface area contributed by atoms with Crippen LogP contribution in [0.25, 0.3) is 0 Å². The van der Waals surface area contributed by atoms with Crippen LogP contribution in [0.3, 0.4) is 0 Å². The Morgan fingerprint density at radius 1 is 1.47 bits per heavy atom. The lowest BCUT2D eigenvalue weighted by Crippen LogP contribution is -2.31. The maximum atomic E-state index is 9.16. The maximum Gasteiger partial charge on any atom is 0.0584 e. The molecule has 0 spiro atoms. The van der Waals surface area contributed by atoms with Crippen molar-refractivity contribution in [1.29, 1.82) is 0 Å². The number of fused-ring (bicyclic) bond motifs is 1. The van der Waals surface area contributed by atoms with Crippen LogP contribution in [0.4, 0.5) is 5.69 Å². The molecule has 1 aliphatic rings. The lowest BCUT2D eigenvalue weighted by atomic mass is 9.99. The van der Waals surface area contributed by atoms with E-state index in [0.29, 0.717) is 0 Å². The smallest absolute Gasteiger partial charge is 0.0584 e. The second-order valence-electron chi connectivity index (χ2n) is 4.65. The molecule has 0 bridgehead atoms. The second-order valence-corrected chi connectivity index (χ2v) is 4.65. The lowest BCUT2D eigenvalue weighted by molar-refractivity contribution is 0.238. The molecule has 0 fully saturated rings. The summed E-state index contributed by atoms with van der Waals surface area (Å²) in [6, 6.07) is 6.69. The molecule has 1 aromatic rings. The Morgan fingerprint density at radius 3 is 3.12 bits per heavy atom. The maximum absolute atomic E-state index is 9.16. The second kappa shape index (κ2) is 6.03. The number of hydrogen-bond donors (Lipinski definition) is 3. The minimum absolute atomic E-state index is 0.203. The van der Waals surface area contributed by atoms with Crippen LogP contribution in [-0.2, 0) is 13.0 Å². The first-order valence-electron chi connectivity index (χ1n) is 6.54. The Bertz CT molecular complexity index is 361. The zero-order valence-corrected chi connectivity index (χ0v) is 10.5. The first-order chi connectivity index (χ1) is 8.35. The van der Waals surface area contributed by atoms with Gasteiger partial charge in [-0.25, -0.2) is 0 Å². The van der Waals surface area contributed by atoms with E-state index in [9.17, 15) is 0 Å². The first kappa shape index (κ1) is 12.4. The van der Waals surface area contributed by atoms with Crippen LogP contribution < -0.4 is 10.6 Å². The average molecular weight is 234 g/mol. The molecule has 1 heterocycles. The van der Waals surface area contributed by atoms with Gasteiger partial charge < -0.3 is 15.7 Å². The number of nitrogens with one attached hydrogen (secondary N) is 2. The molecule has 1 aromatic carbocycles. The standard InChI is InChI=1S/C14H22N2O/c1-2-13(10-17)16-9-12-6-3-5-11-7-4-8-15-14(11)12/h3,5-6,13,15-17H,2,4,7-10H2,1H3/t13-/m1/s1. The Hall–Kier alpha value is -1.06. The number of hydrogen-bond acceptors (Lipinski definition) is 3. The van der Waals surface area contributed by atoms with E-state index in [-0.39, 0.29) is 12.6 Å². The minimum Gasteiger partial charge on any atom is -0.395 e. The predicted molar refractivity (Wildman–Crippen MR) is 71.3 cm³/mol. The van der Waals surface area contributed by atoms with Crippen LogP contribution in [0, 0.1) is 0 Å². The molecule has 17 heavy (non-hydrogen) atoms. The van der Waals surface area contributed by atoms with Crippen LogP contribution in [0.15, 0.2) is 18.2 Å². The number of para-hydroxylation sites is 1. The largest absolute Gasteiger partial charge is 0.395 e. The number of anilines is 1. The van der Waals surface area contributed by atoms with Crippen molar-refractivity contribution in [3.8, 4) is 0 Å². The average Bonchev–Trinajstić information content (AvgIpc) is 2.40. The highest BCUT2D eigenvalue weighted by molar-refractivity contribution is 5.59. The number of aliphatic hydroxyl groups is 1. The summed E-state index contributed by atoms with van der Waals surface area (Å²) in [6.45, 7) is 4.20. The van der Waals surface area contributed by atoms with E-state index in [1.807, 2.05) is 0 Å². The fourth-order valence-corrected chi connectivity index (χ4v) is 2.32. The third-order valence-electron chi connectivity index (χ3n) is 3.46. The van der Waals surface area contributed by atoms with Crippen LogP contribution in [0.5, 0.6) is 0 Å². The van der Waals surface area contributed by atoms with Crippen molar-refractivity contribution < 1.29 is 5.11 Å². The van der Waals surface area contributed by atoms with E-state index in [1.165, 1.54) is 29.7 Å². The summed E-state index contributed by atoms with van der Waals surface area (Å²) in [5.74, 6) is 0. The van der Waals surface area contributed by atoms with Gasteiger partial charge in [0.15, 0.2) is 0 Å². The third-order valence-corrected chi connectivity index (χ3v) is 3.46. The van der Waals surface area contributed by atoms with Crippen molar-refractivity contribution in [2.24, 2.45) is 0 Å². The molecular formula is C14H22N2O. The Morgan fingerprint density at radius 2 is 2.35 bits per heavy atom. The molecule has 3 nitrogen and oxygen atoms in total. The molecule has 0 saturated heterocycles. The van der Waals surface area contributed by atoms with Gasteiger partial charge >= 0.3 is 0 Å². The highest BCUT2D eigenvalue weighted by Crippen LogP contribution is 2.25. The monoisotopic (exact) mass is 234 g/mol. The zero-order valence-electron chi connectivity index (χ0n) is 10.5. The van der Waals surface area contributed by atoms with Gasteiger partial charge in [-0.3, -0.25) is 0 Å². The molecule has 94 valence electrons. The van der Waals surface area contributed by atoms with E-state index >= 15 is 0 Å². The minimum atomic E-state index is 0.203. The van der Waals surface area contributed by atoms with E-state index in [1.54, 1.807) is 0 Å². The Labute approximate surface area is 103 Å². The summed E-state index contributed by atoms with van der Waals surface area (Å²) in [5, 5.41) is 16.0. The fourth-order valence-electron chi connectivity index (χ4n) is 2.32. The molecule has 0 amide bonds. The topological polar surface area (TPSA) is 44.3 Å². The number of rotatable bonds is 5. The van der Waals surface area contributed by atoms with Crippen molar-refractivity contribution in [1.82, 2.24) is 5.32 Å². The van der Waals surface area contributed by atoms with E-state index in [4.69, 9.17) is 5.11 Å². The predicted octanol–water partition coefficient (Wildman–Crippen LogP) is 1.91. The summed E-state index contributed by atoms with van der Waals surface area (Å²) in [7, 11) is 0. The van der Waals surface area contributed by atoms with Crippen LogP contribution in [0.1, 0.15) is 30.9 Å². The van der Waals surface area contributed by atoms with Crippen molar-refractivity contribution in [2.45, 2.75) is 38.8 Å². The van der Waals surface area contributed by atoms with Gasteiger partial charge in [0.05, 0.1) is 6.61 Å². The van der Waals surface area contributed by atoms with Gasteiger partial charge in [-0.15, -0.1) is 0 Å². The Balaban J connectivity index is 2.05. The number of benzene rings is 1. The summed E-state index contributed by atoms with van der Waals surface area (Å²) in [6.07, 6.45) is 3.35. The zero-order chi connectivity index (χ0) is 12.1. The van der Waals surface area contributed by atoms with E-state index in [0.717, 1.165) is 19.5 Å². The summed E-state index contributed by atoms with van der Waals surface area (Å²) >= 11 is 0. The molecular weight excluding hydrogens is 212 g/mol. The number of aliphatic hydroxyl groups excluding tert-OH is 1. The van der Waals surface area contributed by atoms with Gasteiger partial charge in [0.1, 0.15) is 0 Å². The SMILES string of the molecule is CC[C@H](CO)NCc1cccc2c1NCCC2. The van der Waals surface area contributed by atoms with Gasteiger partial charge in [0, 0.05) is 24.8 Å². The van der Waals surface area contributed by atoms with Gasteiger partial charge in [-0.05, 0) is 30.4 Å². The summed E-state index contributed by atoms with van der Waals surface area (Å²) in [4.78, 5) is 0. The van der Waals surface area contributed by atoms with Crippen LogP contribution >= 0.6 is 0 Å². The Kier molecular flexibility index (Phi) is 4.40. The van der Waals surface area contributed by atoms with E-state index < -0.39 is 0 Å².